The Balaban J connectivity index is 2.68. The maximum absolute atomic E-state index is 11.9. The van der Waals surface area contributed by atoms with Gasteiger partial charge in [0.25, 0.3) is 0 Å². The van der Waals surface area contributed by atoms with E-state index in [1.165, 1.54) is 0 Å². The summed E-state index contributed by atoms with van der Waals surface area (Å²) < 4.78 is 0. The molecular formula is C14H21NO. The third-order valence-electron chi connectivity index (χ3n) is 3.25. The molecule has 0 saturated carbocycles. The highest BCUT2D eigenvalue weighted by molar-refractivity contribution is 5.86. The fourth-order valence-corrected chi connectivity index (χ4v) is 1.69. The number of carbonyl (C=O) groups is 1. The van der Waals surface area contributed by atoms with Crippen molar-refractivity contribution in [2.75, 3.05) is 0 Å². The first-order chi connectivity index (χ1) is 7.56. The van der Waals surface area contributed by atoms with Gasteiger partial charge in [-0.05, 0) is 24.0 Å². The van der Waals surface area contributed by atoms with Crippen LogP contribution in [0.3, 0.4) is 0 Å². The van der Waals surface area contributed by atoms with Crippen molar-refractivity contribution in [3.8, 4) is 0 Å². The van der Waals surface area contributed by atoms with Gasteiger partial charge in [0.2, 0.25) is 0 Å². The average molecular weight is 219 g/mol. The van der Waals surface area contributed by atoms with Crippen LogP contribution >= 0.6 is 0 Å². The fraction of sp³-hybridized carbons (Fsp3) is 0.500. The number of hydrogen-bond donors (Lipinski definition) is 1. The Morgan fingerprint density at radius 3 is 2.56 bits per heavy atom. The number of ketones is 1. The van der Waals surface area contributed by atoms with E-state index in [4.69, 9.17) is 5.73 Å². The Labute approximate surface area is 97.9 Å². The van der Waals surface area contributed by atoms with Crippen LogP contribution in [-0.2, 0) is 11.2 Å². The van der Waals surface area contributed by atoms with Gasteiger partial charge in [-0.2, -0.15) is 0 Å². The van der Waals surface area contributed by atoms with Crippen LogP contribution in [0.2, 0.25) is 0 Å². The number of benzene rings is 1. The molecule has 88 valence electrons. The minimum Gasteiger partial charge on any atom is -0.321 e. The molecule has 2 unspecified atom stereocenters. The zero-order valence-corrected chi connectivity index (χ0v) is 10.4. The van der Waals surface area contributed by atoms with E-state index in [1.54, 1.807) is 0 Å². The Hall–Kier alpha value is -1.15. The van der Waals surface area contributed by atoms with E-state index >= 15 is 0 Å². The molecular weight excluding hydrogens is 198 g/mol. The molecule has 16 heavy (non-hydrogen) atoms. The molecule has 2 atom stereocenters. The second-order valence-corrected chi connectivity index (χ2v) is 4.48. The lowest BCUT2D eigenvalue weighted by Crippen LogP contribution is -2.37. The van der Waals surface area contributed by atoms with Gasteiger partial charge in [0, 0.05) is 6.42 Å². The van der Waals surface area contributed by atoms with Gasteiger partial charge >= 0.3 is 0 Å². The van der Waals surface area contributed by atoms with Gasteiger partial charge in [-0.25, -0.2) is 0 Å². The Morgan fingerprint density at radius 1 is 1.38 bits per heavy atom. The molecule has 0 heterocycles. The fourth-order valence-electron chi connectivity index (χ4n) is 1.69. The summed E-state index contributed by atoms with van der Waals surface area (Å²) in [6.07, 6.45) is 1.40. The van der Waals surface area contributed by atoms with Gasteiger partial charge in [0.15, 0.2) is 5.78 Å². The van der Waals surface area contributed by atoms with Crippen molar-refractivity contribution < 1.29 is 4.79 Å². The van der Waals surface area contributed by atoms with Crippen molar-refractivity contribution >= 4 is 5.78 Å². The maximum atomic E-state index is 11.9. The van der Waals surface area contributed by atoms with E-state index in [0.29, 0.717) is 6.42 Å². The molecule has 0 bridgehead atoms. The molecule has 0 amide bonds. The maximum Gasteiger partial charge on any atom is 0.154 e. The average Bonchev–Trinajstić information content (AvgIpc) is 2.30. The predicted octanol–water partition coefficient (Wildman–Crippen LogP) is 2.48. The van der Waals surface area contributed by atoms with Gasteiger partial charge < -0.3 is 5.73 Å². The predicted molar refractivity (Wildman–Crippen MR) is 67.3 cm³/mol. The number of hydrogen-bond acceptors (Lipinski definition) is 2. The number of rotatable bonds is 5. The summed E-state index contributed by atoms with van der Waals surface area (Å²) in [4.78, 5) is 11.9. The standard InChI is InChI=1S/C14H21NO/c1-4-10(2)14(15)13(16)9-12-8-6-5-7-11(12)3/h5-8,10,14H,4,9,15H2,1-3H3. The van der Waals surface area contributed by atoms with Crippen LogP contribution < -0.4 is 5.73 Å². The lowest BCUT2D eigenvalue weighted by molar-refractivity contribution is -0.120. The summed E-state index contributed by atoms with van der Waals surface area (Å²) in [5.41, 5.74) is 8.17. The summed E-state index contributed by atoms with van der Waals surface area (Å²) in [5, 5.41) is 0. The van der Waals surface area contributed by atoms with Crippen molar-refractivity contribution in [2.45, 2.75) is 39.7 Å². The molecule has 0 aliphatic heterocycles. The molecule has 1 aromatic rings. The lowest BCUT2D eigenvalue weighted by atomic mass is 9.92. The van der Waals surface area contributed by atoms with E-state index in [0.717, 1.165) is 17.5 Å². The first kappa shape index (κ1) is 12.9. The summed E-state index contributed by atoms with van der Waals surface area (Å²) >= 11 is 0. The highest BCUT2D eigenvalue weighted by Crippen LogP contribution is 2.12. The zero-order chi connectivity index (χ0) is 12.1. The molecule has 0 fully saturated rings. The van der Waals surface area contributed by atoms with Crippen LogP contribution in [0.4, 0.5) is 0 Å². The van der Waals surface area contributed by atoms with Crippen LogP contribution in [0, 0.1) is 12.8 Å². The van der Waals surface area contributed by atoms with E-state index in [2.05, 4.69) is 6.92 Å². The van der Waals surface area contributed by atoms with E-state index in [9.17, 15) is 4.79 Å². The van der Waals surface area contributed by atoms with E-state index < -0.39 is 0 Å². The molecule has 1 aromatic carbocycles. The normalized spacial score (nSPS) is 14.5. The lowest BCUT2D eigenvalue weighted by Gasteiger charge is -2.17. The van der Waals surface area contributed by atoms with Crippen molar-refractivity contribution in [3.05, 3.63) is 35.4 Å². The number of Topliss-reactive ketones (excluding diaryl/α,β-unsaturated/α-hetero) is 1. The van der Waals surface area contributed by atoms with Gasteiger partial charge in [-0.15, -0.1) is 0 Å². The topological polar surface area (TPSA) is 43.1 Å². The van der Waals surface area contributed by atoms with Crippen LogP contribution in [0.5, 0.6) is 0 Å². The Bertz CT molecular complexity index is 360. The van der Waals surface area contributed by atoms with Gasteiger partial charge in [0.1, 0.15) is 0 Å². The summed E-state index contributed by atoms with van der Waals surface area (Å²) in [7, 11) is 0. The number of nitrogens with two attached hydrogens (primary N) is 1. The largest absolute Gasteiger partial charge is 0.321 e. The molecule has 0 aliphatic carbocycles. The van der Waals surface area contributed by atoms with Gasteiger partial charge in [-0.3, -0.25) is 4.79 Å². The first-order valence-corrected chi connectivity index (χ1v) is 5.89. The van der Waals surface area contributed by atoms with Crippen LogP contribution in [0.15, 0.2) is 24.3 Å². The third-order valence-corrected chi connectivity index (χ3v) is 3.25. The second kappa shape index (κ2) is 5.80. The van der Waals surface area contributed by atoms with E-state index in [1.807, 2.05) is 38.1 Å². The first-order valence-electron chi connectivity index (χ1n) is 5.89. The van der Waals surface area contributed by atoms with Gasteiger partial charge in [-0.1, -0.05) is 44.5 Å². The molecule has 2 heteroatoms. The minimum atomic E-state index is -0.329. The summed E-state index contributed by atoms with van der Waals surface area (Å²) in [6, 6.07) is 7.64. The Kier molecular flexibility index (Phi) is 4.69. The number of carbonyl (C=O) groups excluding carboxylic acids is 1. The van der Waals surface area contributed by atoms with Crippen LogP contribution in [0.1, 0.15) is 31.4 Å². The van der Waals surface area contributed by atoms with Crippen LogP contribution in [-0.4, -0.2) is 11.8 Å². The molecule has 0 aromatic heterocycles. The van der Waals surface area contributed by atoms with E-state index in [-0.39, 0.29) is 17.7 Å². The monoisotopic (exact) mass is 219 g/mol. The molecule has 0 aliphatic rings. The Morgan fingerprint density at radius 2 is 2.00 bits per heavy atom. The zero-order valence-electron chi connectivity index (χ0n) is 10.4. The molecule has 2 nitrogen and oxygen atoms in total. The van der Waals surface area contributed by atoms with Crippen LogP contribution in [0.25, 0.3) is 0 Å². The molecule has 1 rings (SSSR count). The minimum absolute atomic E-state index is 0.142. The highest BCUT2D eigenvalue weighted by Gasteiger charge is 2.19. The smallest absolute Gasteiger partial charge is 0.154 e. The van der Waals surface area contributed by atoms with Crippen molar-refractivity contribution in [2.24, 2.45) is 11.7 Å². The summed E-state index contributed by atoms with van der Waals surface area (Å²) in [5.74, 6) is 0.403. The SMILES string of the molecule is CCC(C)C(N)C(=O)Cc1ccccc1C. The van der Waals surface area contributed by atoms with Gasteiger partial charge in [0.05, 0.1) is 6.04 Å². The third kappa shape index (κ3) is 3.17. The number of aryl methyl sites for hydroxylation is 1. The van der Waals surface area contributed by atoms with Crippen molar-refractivity contribution in [3.63, 3.8) is 0 Å². The van der Waals surface area contributed by atoms with Crippen molar-refractivity contribution in [1.29, 1.82) is 0 Å². The highest BCUT2D eigenvalue weighted by atomic mass is 16.1. The molecule has 0 spiro atoms. The molecule has 0 radical (unpaired) electrons. The summed E-state index contributed by atoms with van der Waals surface area (Å²) in [6.45, 7) is 6.11. The quantitative estimate of drug-likeness (QED) is 0.826. The molecule has 2 N–H and O–H groups in total. The molecule has 0 saturated heterocycles. The second-order valence-electron chi connectivity index (χ2n) is 4.48. The van der Waals surface area contributed by atoms with Crippen molar-refractivity contribution in [1.82, 2.24) is 0 Å².